The van der Waals surface area contributed by atoms with Crippen molar-refractivity contribution in [1.29, 1.82) is 0 Å². The van der Waals surface area contributed by atoms with Crippen LogP contribution in [0.25, 0.3) is 0 Å². The van der Waals surface area contributed by atoms with Gasteiger partial charge in [-0.2, -0.15) is 0 Å². The second-order valence-corrected chi connectivity index (χ2v) is 7.23. The molecule has 4 heteroatoms. The van der Waals surface area contributed by atoms with Crippen LogP contribution in [0, 0.1) is 18.5 Å². The Hall–Kier alpha value is -1.38. The molecule has 3 rings (SSSR count). The van der Waals surface area contributed by atoms with Crippen LogP contribution in [0.5, 0.6) is 5.75 Å². The number of hydrogen-bond acceptors (Lipinski definition) is 3. The van der Waals surface area contributed by atoms with Crippen molar-refractivity contribution >= 4 is 0 Å². The van der Waals surface area contributed by atoms with Gasteiger partial charge >= 0.3 is 11.3 Å². The molecule has 0 saturated heterocycles. The third-order valence-corrected chi connectivity index (χ3v) is 5.29. The van der Waals surface area contributed by atoms with Crippen LogP contribution in [0.15, 0.2) is 12.4 Å². The van der Waals surface area contributed by atoms with E-state index in [0.29, 0.717) is 12.0 Å². The van der Waals surface area contributed by atoms with E-state index in [1.807, 2.05) is 12.4 Å². The predicted molar refractivity (Wildman–Crippen MR) is 88.4 cm³/mol. The molecule has 0 unspecified atom stereocenters. The Morgan fingerprint density at radius 1 is 0.870 bits per heavy atom. The van der Waals surface area contributed by atoms with Crippen molar-refractivity contribution in [3.8, 4) is 5.75 Å². The molecule has 0 aliphatic heterocycles. The zero-order valence-electron chi connectivity index (χ0n) is 14.3. The van der Waals surface area contributed by atoms with E-state index >= 15 is 0 Å². The molecule has 0 radical (unpaired) electrons. The molecule has 0 N–H and O–H groups in total. The van der Waals surface area contributed by atoms with Gasteiger partial charge in [0, 0.05) is 5.92 Å². The monoisotopic (exact) mass is 316 g/mol. The van der Waals surface area contributed by atoms with Gasteiger partial charge in [0.2, 0.25) is 0 Å². The molecule has 1 heterocycles. The summed E-state index contributed by atoms with van der Waals surface area (Å²) in [4.78, 5) is 9.14. The van der Waals surface area contributed by atoms with Gasteiger partial charge in [0.15, 0.2) is 5.75 Å². The maximum atomic E-state index is 7.50. The van der Waals surface area contributed by atoms with E-state index in [2.05, 4.69) is 30.5 Å². The molecule has 126 valence electrons. The first-order valence-electron chi connectivity index (χ1n) is 8.89. The van der Waals surface area contributed by atoms with Gasteiger partial charge in [0.1, 0.15) is 5.82 Å². The Morgan fingerprint density at radius 3 is 1.87 bits per heavy atom. The predicted octanol–water partition coefficient (Wildman–Crippen LogP) is 4.69. The Balaban J connectivity index is 0.000000924. The van der Waals surface area contributed by atoms with Gasteiger partial charge < -0.3 is 4.74 Å². The molecule has 2 fully saturated rings. The van der Waals surface area contributed by atoms with Crippen molar-refractivity contribution in [1.82, 2.24) is 9.97 Å². The molecular formula is C19H28N2O2. The Labute approximate surface area is 139 Å². The quantitative estimate of drug-likeness (QED) is 0.600. The van der Waals surface area contributed by atoms with E-state index in [1.165, 1.54) is 51.4 Å². The van der Waals surface area contributed by atoms with Crippen LogP contribution in [-0.2, 0) is 4.65 Å². The zero-order chi connectivity index (χ0) is 16.7. The number of aromatic nitrogens is 2. The number of hydrogen-bond donors (Lipinski definition) is 0. The summed E-state index contributed by atoms with van der Waals surface area (Å²) < 4.78 is 13.5. The van der Waals surface area contributed by atoms with E-state index < -0.39 is 0 Å². The van der Waals surface area contributed by atoms with E-state index in [0.717, 1.165) is 23.4 Å². The molecule has 0 bridgehead atoms. The van der Waals surface area contributed by atoms with Crippen LogP contribution >= 0.6 is 0 Å². The maximum absolute atomic E-state index is 7.50. The van der Waals surface area contributed by atoms with Gasteiger partial charge in [-0.05, 0) is 50.4 Å². The summed E-state index contributed by atoms with van der Waals surface area (Å²) in [7, 11) is 0. The Kier molecular flexibility index (Phi) is 7.07. The van der Waals surface area contributed by atoms with E-state index in [1.54, 1.807) is 0 Å². The van der Waals surface area contributed by atoms with Gasteiger partial charge in [-0.15, -0.1) is 0 Å². The summed E-state index contributed by atoms with van der Waals surface area (Å²) in [5, 5.41) is 0. The fraction of sp³-hybridized carbons (Fsp3) is 0.737. The number of ether oxygens (including phenoxy) is 1. The summed E-state index contributed by atoms with van der Waals surface area (Å²) >= 11 is 0. The third-order valence-electron chi connectivity index (χ3n) is 5.29. The second kappa shape index (κ2) is 9.05. The van der Waals surface area contributed by atoms with E-state index in [9.17, 15) is 0 Å². The summed E-state index contributed by atoms with van der Waals surface area (Å²) in [6, 6.07) is 0. The molecule has 0 aromatic carbocycles. The number of nitrogens with zero attached hydrogens (tertiary/aromatic N) is 2. The standard InChI is InChI=1S/C18H28N2O.CO/c1-13-3-7-15(8-4-13)18-19-11-17(12-20-18)21-16-9-5-14(2)6-10-16;1-2/h11-16H,3-10H2,1-2H3;. The first kappa shape index (κ1) is 18.0. The van der Waals surface area contributed by atoms with Crippen LogP contribution in [-0.4, -0.2) is 16.1 Å². The average Bonchev–Trinajstić information content (AvgIpc) is 2.60. The van der Waals surface area contributed by atoms with Gasteiger partial charge in [0.25, 0.3) is 0 Å². The summed E-state index contributed by atoms with van der Waals surface area (Å²) in [5.74, 6) is 4.16. The Morgan fingerprint density at radius 2 is 1.35 bits per heavy atom. The van der Waals surface area contributed by atoms with Crippen molar-refractivity contribution in [2.24, 2.45) is 11.8 Å². The van der Waals surface area contributed by atoms with Crippen LogP contribution in [0.2, 0.25) is 0 Å². The van der Waals surface area contributed by atoms with Crippen LogP contribution in [0.4, 0.5) is 0 Å². The van der Waals surface area contributed by atoms with Crippen LogP contribution < -0.4 is 4.74 Å². The van der Waals surface area contributed by atoms with Crippen LogP contribution in [0.3, 0.4) is 0 Å². The van der Waals surface area contributed by atoms with Gasteiger partial charge in [-0.1, -0.05) is 26.7 Å². The summed E-state index contributed by atoms with van der Waals surface area (Å²) in [5.41, 5.74) is 0. The Bertz CT molecular complexity index is 470. The van der Waals surface area contributed by atoms with Crippen molar-refractivity contribution in [2.75, 3.05) is 0 Å². The van der Waals surface area contributed by atoms with Crippen molar-refractivity contribution in [2.45, 2.75) is 77.2 Å². The van der Waals surface area contributed by atoms with Crippen molar-refractivity contribution in [3.63, 3.8) is 0 Å². The zero-order valence-corrected chi connectivity index (χ0v) is 14.3. The molecule has 0 amide bonds. The minimum atomic E-state index is 0.367. The molecule has 4 nitrogen and oxygen atoms in total. The molecule has 1 aromatic rings. The number of rotatable bonds is 3. The molecule has 2 aliphatic carbocycles. The molecular weight excluding hydrogens is 288 g/mol. The van der Waals surface area contributed by atoms with E-state index in [-0.39, 0.29) is 0 Å². The molecule has 2 aliphatic rings. The molecule has 1 aromatic heterocycles. The minimum absolute atomic E-state index is 0.367. The molecule has 0 atom stereocenters. The van der Waals surface area contributed by atoms with Crippen molar-refractivity contribution in [3.05, 3.63) is 24.9 Å². The summed E-state index contributed by atoms with van der Waals surface area (Å²) in [6.45, 7) is 9.18. The fourth-order valence-electron chi connectivity index (χ4n) is 3.66. The molecule has 0 spiro atoms. The van der Waals surface area contributed by atoms with Crippen molar-refractivity contribution < 1.29 is 9.39 Å². The normalized spacial score (nSPS) is 30.8. The van der Waals surface area contributed by atoms with Gasteiger partial charge in [0.05, 0.1) is 18.5 Å². The second-order valence-electron chi connectivity index (χ2n) is 7.23. The average molecular weight is 316 g/mol. The van der Waals surface area contributed by atoms with Gasteiger partial charge in [-0.3, -0.25) is 0 Å². The van der Waals surface area contributed by atoms with E-state index in [4.69, 9.17) is 9.39 Å². The fourth-order valence-corrected chi connectivity index (χ4v) is 3.66. The first-order chi connectivity index (χ1) is 11.2. The molecule has 2 saturated carbocycles. The van der Waals surface area contributed by atoms with Crippen LogP contribution in [0.1, 0.15) is 77.0 Å². The SMILES string of the molecule is CC1CCC(Oc2cnc(C3CCC(C)CC3)nc2)CC1.[C-]#[O+]. The topological polar surface area (TPSA) is 54.9 Å². The first-order valence-corrected chi connectivity index (χ1v) is 8.89. The molecule has 23 heavy (non-hydrogen) atoms. The van der Waals surface area contributed by atoms with Gasteiger partial charge in [-0.25, -0.2) is 9.97 Å². The summed E-state index contributed by atoms with van der Waals surface area (Å²) in [6.07, 6.45) is 14.1. The third kappa shape index (κ3) is 5.33.